The van der Waals surface area contributed by atoms with Crippen molar-refractivity contribution in [3.05, 3.63) is 59.2 Å². The zero-order valence-corrected chi connectivity index (χ0v) is 13.3. The van der Waals surface area contributed by atoms with E-state index < -0.39 is 5.97 Å². The summed E-state index contributed by atoms with van der Waals surface area (Å²) >= 11 is 5.28. The molecule has 2 rings (SSSR count). The van der Waals surface area contributed by atoms with E-state index in [2.05, 4.69) is 17.6 Å². The Kier molecular flexibility index (Phi) is 5.12. The van der Waals surface area contributed by atoms with Gasteiger partial charge in [0.2, 0.25) is 0 Å². The molecule has 0 aliphatic heterocycles. The fraction of sp³-hybridized carbons (Fsp3) is 0.176. The van der Waals surface area contributed by atoms with Crippen molar-refractivity contribution in [2.24, 2.45) is 0 Å². The third kappa shape index (κ3) is 4.05. The van der Waals surface area contributed by atoms with Gasteiger partial charge in [0.15, 0.2) is 5.11 Å². The molecular weight excluding hydrogens is 296 g/mol. The molecule has 4 nitrogen and oxygen atoms in total. The highest BCUT2D eigenvalue weighted by atomic mass is 32.1. The summed E-state index contributed by atoms with van der Waals surface area (Å²) in [6.45, 7) is 4.00. The van der Waals surface area contributed by atoms with Crippen LogP contribution in [0, 0.1) is 6.92 Å². The predicted octanol–water partition coefficient (Wildman–Crippen LogP) is 4.06. The number of aryl methyl sites for hydroxylation is 2. The lowest BCUT2D eigenvalue weighted by Crippen LogP contribution is -2.20. The molecule has 0 unspecified atom stereocenters. The van der Waals surface area contributed by atoms with E-state index in [1.165, 1.54) is 5.56 Å². The molecule has 114 valence electrons. The van der Waals surface area contributed by atoms with E-state index in [0.717, 1.165) is 17.7 Å². The van der Waals surface area contributed by atoms with Gasteiger partial charge in [0, 0.05) is 11.4 Å². The van der Waals surface area contributed by atoms with E-state index in [0.29, 0.717) is 10.8 Å². The van der Waals surface area contributed by atoms with Crippen LogP contribution in [0.5, 0.6) is 0 Å². The van der Waals surface area contributed by atoms with Gasteiger partial charge in [0.1, 0.15) is 0 Å². The minimum absolute atomic E-state index is 0.225. The summed E-state index contributed by atoms with van der Waals surface area (Å²) in [4.78, 5) is 11.0. The molecule has 0 spiro atoms. The Hall–Kier alpha value is -2.40. The summed E-state index contributed by atoms with van der Waals surface area (Å²) < 4.78 is 0. The van der Waals surface area contributed by atoms with Gasteiger partial charge < -0.3 is 15.7 Å². The number of carboxylic acid groups (broad SMARTS) is 1. The van der Waals surface area contributed by atoms with Crippen LogP contribution in [0.3, 0.4) is 0 Å². The van der Waals surface area contributed by atoms with Crippen LogP contribution in [0.2, 0.25) is 0 Å². The van der Waals surface area contributed by atoms with E-state index >= 15 is 0 Å². The summed E-state index contributed by atoms with van der Waals surface area (Å²) in [5.41, 5.74) is 3.98. The van der Waals surface area contributed by atoms with Gasteiger partial charge in [-0.25, -0.2) is 4.79 Å². The standard InChI is InChI=1S/C17H18N2O2S/c1-3-12-5-8-14(9-6-12)18-17(22)19-15-10-13(16(20)21)7-4-11(15)2/h4-10H,3H2,1-2H3,(H,20,21)(H2,18,19,22). The highest BCUT2D eigenvalue weighted by Gasteiger charge is 2.07. The van der Waals surface area contributed by atoms with Crippen molar-refractivity contribution in [3.63, 3.8) is 0 Å². The molecule has 22 heavy (non-hydrogen) atoms. The molecule has 0 saturated heterocycles. The first kappa shape index (κ1) is 16.0. The number of nitrogens with one attached hydrogen (secondary N) is 2. The maximum absolute atomic E-state index is 11.0. The number of hydrogen-bond acceptors (Lipinski definition) is 2. The summed E-state index contributed by atoms with van der Waals surface area (Å²) in [5, 5.41) is 15.6. The second-order valence-corrected chi connectivity index (χ2v) is 5.37. The average molecular weight is 314 g/mol. The number of hydrogen-bond donors (Lipinski definition) is 3. The summed E-state index contributed by atoms with van der Waals surface area (Å²) in [6.07, 6.45) is 0.990. The SMILES string of the molecule is CCc1ccc(NC(=S)Nc2cc(C(=O)O)ccc2C)cc1. The molecule has 0 atom stereocenters. The van der Waals surface area contributed by atoms with E-state index in [1.54, 1.807) is 18.2 Å². The Balaban J connectivity index is 2.08. The first-order valence-electron chi connectivity index (χ1n) is 7.00. The van der Waals surface area contributed by atoms with Gasteiger partial charge in [-0.3, -0.25) is 0 Å². The van der Waals surface area contributed by atoms with Crippen molar-refractivity contribution < 1.29 is 9.90 Å². The molecular formula is C17H18N2O2S. The molecule has 0 amide bonds. The van der Waals surface area contributed by atoms with Gasteiger partial charge in [-0.2, -0.15) is 0 Å². The van der Waals surface area contributed by atoms with Gasteiger partial charge in [0.05, 0.1) is 5.56 Å². The van der Waals surface area contributed by atoms with Crippen LogP contribution in [-0.2, 0) is 6.42 Å². The molecule has 0 aromatic heterocycles. The topological polar surface area (TPSA) is 61.4 Å². The van der Waals surface area contributed by atoms with Crippen molar-refractivity contribution in [2.45, 2.75) is 20.3 Å². The van der Waals surface area contributed by atoms with Crippen molar-refractivity contribution in [2.75, 3.05) is 10.6 Å². The molecule has 0 heterocycles. The number of anilines is 2. The molecule has 0 aliphatic rings. The van der Waals surface area contributed by atoms with Crippen molar-refractivity contribution >= 4 is 34.7 Å². The van der Waals surface area contributed by atoms with Gasteiger partial charge in [0.25, 0.3) is 0 Å². The molecule has 0 aliphatic carbocycles. The van der Waals surface area contributed by atoms with Gasteiger partial charge in [-0.05, 0) is 61.0 Å². The molecule has 0 bridgehead atoms. The van der Waals surface area contributed by atoms with Gasteiger partial charge in [-0.15, -0.1) is 0 Å². The first-order chi connectivity index (χ1) is 10.5. The normalized spacial score (nSPS) is 10.1. The Bertz CT molecular complexity index is 696. The monoisotopic (exact) mass is 314 g/mol. The van der Waals surface area contributed by atoms with E-state index in [1.807, 2.05) is 31.2 Å². The lowest BCUT2D eigenvalue weighted by Gasteiger charge is -2.13. The third-order valence-electron chi connectivity index (χ3n) is 3.35. The Morgan fingerprint density at radius 3 is 2.41 bits per heavy atom. The van der Waals surface area contributed by atoms with Gasteiger partial charge >= 0.3 is 5.97 Å². The molecule has 2 aromatic carbocycles. The molecule has 3 N–H and O–H groups in total. The molecule has 5 heteroatoms. The van der Waals surface area contributed by atoms with Crippen LogP contribution in [0.15, 0.2) is 42.5 Å². The highest BCUT2D eigenvalue weighted by molar-refractivity contribution is 7.80. The van der Waals surface area contributed by atoms with Crippen molar-refractivity contribution in [1.29, 1.82) is 0 Å². The highest BCUT2D eigenvalue weighted by Crippen LogP contribution is 2.18. The van der Waals surface area contributed by atoms with Crippen LogP contribution < -0.4 is 10.6 Å². The third-order valence-corrected chi connectivity index (χ3v) is 3.56. The van der Waals surface area contributed by atoms with E-state index in [4.69, 9.17) is 17.3 Å². The molecule has 2 aromatic rings. The summed E-state index contributed by atoms with van der Waals surface area (Å²) in [6, 6.07) is 12.9. The molecule has 0 radical (unpaired) electrons. The maximum Gasteiger partial charge on any atom is 0.335 e. The second kappa shape index (κ2) is 7.04. The predicted molar refractivity (Wildman–Crippen MR) is 93.8 cm³/mol. The number of thiocarbonyl (C=S) groups is 1. The van der Waals surface area contributed by atoms with Crippen molar-refractivity contribution in [1.82, 2.24) is 0 Å². The molecule has 0 saturated carbocycles. The van der Waals surface area contributed by atoms with E-state index in [9.17, 15) is 4.79 Å². The maximum atomic E-state index is 11.0. The largest absolute Gasteiger partial charge is 0.478 e. The van der Waals surface area contributed by atoms with Gasteiger partial charge in [-0.1, -0.05) is 25.1 Å². The number of benzene rings is 2. The molecule has 0 fully saturated rings. The van der Waals surface area contributed by atoms with E-state index in [-0.39, 0.29) is 5.56 Å². The number of carbonyl (C=O) groups is 1. The van der Waals surface area contributed by atoms with Crippen LogP contribution in [0.4, 0.5) is 11.4 Å². The van der Waals surface area contributed by atoms with Crippen molar-refractivity contribution in [3.8, 4) is 0 Å². The second-order valence-electron chi connectivity index (χ2n) is 4.96. The zero-order chi connectivity index (χ0) is 16.1. The zero-order valence-electron chi connectivity index (χ0n) is 12.5. The summed E-state index contributed by atoms with van der Waals surface area (Å²) in [7, 11) is 0. The Morgan fingerprint density at radius 1 is 1.14 bits per heavy atom. The average Bonchev–Trinajstić information content (AvgIpc) is 2.50. The van der Waals surface area contributed by atoms with Crippen LogP contribution in [0.1, 0.15) is 28.4 Å². The lowest BCUT2D eigenvalue weighted by molar-refractivity contribution is 0.0697. The number of rotatable bonds is 4. The smallest absolute Gasteiger partial charge is 0.335 e. The minimum atomic E-state index is -0.961. The van der Waals surface area contributed by atoms with Crippen LogP contribution >= 0.6 is 12.2 Å². The van der Waals surface area contributed by atoms with Crippen LogP contribution in [-0.4, -0.2) is 16.2 Å². The summed E-state index contributed by atoms with van der Waals surface area (Å²) in [5.74, 6) is -0.961. The minimum Gasteiger partial charge on any atom is -0.478 e. The Labute approximate surface area is 135 Å². The lowest BCUT2D eigenvalue weighted by atomic mass is 10.1. The number of carboxylic acids is 1. The number of aromatic carboxylic acids is 1. The first-order valence-corrected chi connectivity index (χ1v) is 7.41. The fourth-order valence-corrected chi connectivity index (χ4v) is 2.23. The Morgan fingerprint density at radius 2 is 1.82 bits per heavy atom. The quantitative estimate of drug-likeness (QED) is 0.743. The fourth-order valence-electron chi connectivity index (χ4n) is 2.00. The van der Waals surface area contributed by atoms with Crippen LogP contribution in [0.25, 0.3) is 0 Å².